The number of rotatable bonds is 5. The van der Waals surface area contributed by atoms with E-state index in [4.69, 9.17) is 10.5 Å². The molecule has 100 valence electrons. The summed E-state index contributed by atoms with van der Waals surface area (Å²) in [4.78, 5) is 11.7. The van der Waals surface area contributed by atoms with Crippen LogP contribution in [0.1, 0.15) is 20.8 Å². The summed E-state index contributed by atoms with van der Waals surface area (Å²) in [5.74, 6) is -0.637. The number of benzene rings is 1. The summed E-state index contributed by atoms with van der Waals surface area (Å²) in [5, 5.41) is 2.57. The van der Waals surface area contributed by atoms with Gasteiger partial charge in [0.05, 0.1) is 12.6 Å². The highest BCUT2D eigenvalue weighted by molar-refractivity contribution is 5.94. The van der Waals surface area contributed by atoms with E-state index >= 15 is 0 Å². The number of hydrogen-bond donors (Lipinski definition) is 2. The third-order valence-electron chi connectivity index (χ3n) is 2.52. The Labute approximate surface area is 106 Å². The van der Waals surface area contributed by atoms with Crippen molar-refractivity contribution in [3.63, 3.8) is 0 Å². The first kappa shape index (κ1) is 14.4. The highest BCUT2D eigenvalue weighted by Gasteiger charge is 2.17. The first-order valence-electron chi connectivity index (χ1n) is 5.94. The zero-order valence-corrected chi connectivity index (χ0v) is 10.9. The lowest BCUT2D eigenvalue weighted by molar-refractivity contribution is -0.118. The Balaban J connectivity index is 2.74. The first-order chi connectivity index (χ1) is 8.45. The van der Waals surface area contributed by atoms with Crippen LogP contribution in [-0.4, -0.2) is 18.6 Å². The molecular formula is C13H19FN2O2. The van der Waals surface area contributed by atoms with Gasteiger partial charge in [-0.05, 0) is 25.0 Å². The van der Waals surface area contributed by atoms with Gasteiger partial charge in [0.25, 0.3) is 0 Å². The van der Waals surface area contributed by atoms with Crippen LogP contribution in [0.5, 0.6) is 5.75 Å². The van der Waals surface area contributed by atoms with Crippen LogP contribution in [-0.2, 0) is 4.79 Å². The predicted molar refractivity (Wildman–Crippen MR) is 69.0 cm³/mol. The Morgan fingerprint density at radius 3 is 2.67 bits per heavy atom. The Kier molecular flexibility index (Phi) is 5.09. The minimum Gasteiger partial charge on any atom is -0.491 e. The number of nitrogens with two attached hydrogens (primary N) is 1. The Morgan fingerprint density at radius 2 is 2.17 bits per heavy atom. The van der Waals surface area contributed by atoms with E-state index in [0.717, 1.165) is 0 Å². The molecule has 1 atom stereocenters. The SMILES string of the molecule is CCOc1ccc(NC(=O)[C@H](N)C(C)C)cc1F. The van der Waals surface area contributed by atoms with Gasteiger partial charge in [0, 0.05) is 11.8 Å². The molecule has 0 bridgehead atoms. The molecule has 0 spiro atoms. The van der Waals surface area contributed by atoms with Gasteiger partial charge >= 0.3 is 0 Å². The average Bonchev–Trinajstić information content (AvgIpc) is 2.31. The molecule has 1 rings (SSSR count). The normalized spacial score (nSPS) is 12.3. The van der Waals surface area contributed by atoms with Gasteiger partial charge in [-0.2, -0.15) is 0 Å². The quantitative estimate of drug-likeness (QED) is 0.846. The number of anilines is 1. The van der Waals surface area contributed by atoms with Gasteiger partial charge in [-0.3, -0.25) is 4.79 Å². The molecule has 1 aromatic carbocycles. The number of ether oxygens (including phenoxy) is 1. The maximum atomic E-state index is 13.5. The van der Waals surface area contributed by atoms with Crippen molar-refractivity contribution in [3.8, 4) is 5.75 Å². The number of halogens is 1. The molecule has 0 aliphatic heterocycles. The second kappa shape index (κ2) is 6.35. The zero-order chi connectivity index (χ0) is 13.7. The molecule has 0 radical (unpaired) electrons. The van der Waals surface area contributed by atoms with E-state index in [1.165, 1.54) is 12.1 Å². The monoisotopic (exact) mass is 254 g/mol. The summed E-state index contributed by atoms with van der Waals surface area (Å²) >= 11 is 0. The molecule has 0 aliphatic rings. The third-order valence-corrected chi connectivity index (χ3v) is 2.52. The molecule has 1 aromatic rings. The van der Waals surface area contributed by atoms with Crippen LogP contribution in [0.15, 0.2) is 18.2 Å². The molecular weight excluding hydrogens is 235 g/mol. The second-order valence-electron chi connectivity index (χ2n) is 4.34. The number of carbonyl (C=O) groups excluding carboxylic acids is 1. The predicted octanol–water partition coefficient (Wildman–Crippen LogP) is 2.15. The van der Waals surface area contributed by atoms with Crippen LogP contribution < -0.4 is 15.8 Å². The van der Waals surface area contributed by atoms with Gasteiger partial charge in [0.1, 0.15) is 0 Å². The average molecular weight is 254 g/mol. The first-order valence-corrected chi connectivity index (χ1v) is 5.94. The molecule has 0 saturated carbocycles. The van der Waals surface area contributed by atoms with Gasteiger partial charge in [-0.15, -0.1) is 0 Å². The largest absolute Gasteiger partial charge is 0.491 e. The molecule has 0 fully saturated rings. The number of carbonyl (C=O) groups is 1. The van der Waals surface area contributed by atoms with Crippen molar-refractivity contribution in [1.82, 2.24) is 0 Å². The zero-order valence-electron chi connectivity index (χ0n) is 10.9. The maximum absolute atomic E-state index is 13.5. The van der Waals surface area contributed by atoms with Gasteiger partial charge in [0.15, 0.2) is 11.6 Å². The van der Waals surface area contributed by atoms with E-state index in [2.05, 4.69) is 5.32 Å². The van der Waals surface area contributed by atoms with Crippen molar-refractivity contribution in [2.45, 2.75) is 26.8 Å². The molecule has 1 amide bonds. The molecule has 0 heterocycles. The number of hydrogen-bond acceptors (Lipinski definition) is 3. The van der Waals surface area contributed by atoms with Crippen LogP contribution >= 0.6 is 0 Å². The van der Waals surface area contributed by atoms with Gasteiger partial charge < -0.3 is 15.8 Å². The van der Waals surface area contributed by atoms with E-state index < -0.39 is 11.9 Å². The fraction of sp³-hybridized carbons (Fsp3) is 0.462. The number of nitrogens with one attached hydrogen (secondary N) is 1. The highest BCUT2D eigenvalue weighted by Crippen LogP contribution is 2.21. The van der Waals surface area contributed by atoms with Crippen molar-refractivity contribution in [1.29, 1.82) is 0 Å². The lowest BCUT2D eigenvalue weighted by Crippen LogP contribution is -2.39. The van der Waals surface area contributed by atoms with E-state index in [-0.39, 0.29) is 17.6 Å². The van der Waals surface area contributed by atoms with Gasteiger partial charge in [0.2, 0.25) is 5.91 Å². The Morgan fingerprint density at radius 1 is 1.50 bits per heavy atom. The molecule has 0 aromatic heterocycles. The fourth-order valence-electron chi connectivity index (χ4n) is 1.38. The smallest absolute Gasteiger partial charge is 0.241 e. The summed E-state index contributed by atoms with van der Waals surface area (Å²) in [6.45, 7) is 5.86. The minimum atomic E-state index is -0.611. The molecule has 5 heteroatoms. The fourth-order valence-corrected chi connectivity index (χ4v) is 1.38. The van der Waals surface area contributed by atoms with Crippen LogP contribution in [0.25, 0.3) is 0 Å². The van der Waals surface area contributed by atoms with Crippen molar-refractivity contribution in [2.75, 3.05) is 11.9 Å². The second-order valence-corrected chi connectivity index (χ2v) is 4.34. The molecule has 3 N–H and O–H groups in total. The van der Waals surface area contributed by atoms with Crippen molar-refractivity contribution < 1.29 is 13.9 Å². The summed E-state index contributed by atoms with van der Waals surface area (Å²) in [5.41, 5.74) is 6.07. The van der Waals surface area contributed by atoms with Crippen LogP contribution in [0.2, 0.25) is 0 Å². The minimum absolute atomic E-state index is 0.0255. The van der Waals surface area contributed by atoms with E-state index in [1.54, 1.807) is 13.0 Å². The number of amides is 1. The lowest BCUT2D eigenvalue weighted by atomic mass is 10.0. The van der Waals surface area contributed by atoms with Crippen LogP contribution in [0.3, 0.4) is 0 Å². The summed E-state index contributed by atoms with van der Waals surface area (Å²) < 4.78 is 18.6. The summed E-state index contributed by atoms with van der Waals surface area (Å²) in [6, 6.07) is 3.67. The topological polar surface area (TPSA) is 64.3 Å². The molecule has 4 nitrogen and oxygen atoms in total. The van der Waals surface area contributed by atoms with Crippen molar-refractivity contribution in [3.05, 3.63) is 24.0 Å². The molecule has 0 unspecified atom stereocenters. The maximum Gasteiger partial charge on any atom is 0.241 e. The van der Waals surface area contributed by atoms with Gasteiger partial charge in [-0.25, -0.2) is 4.39 Å². The van der Waals surface area contributed by atoms with Crippen molar-refractivity contribution >= 4 is 11.6 Å². The van der Waals surface area contributed by atoms with Crippen LogP contribution in [0, 0.1) is 11.7 Å². The Hall–Kier alpha value is -1.62. The molecule has 0 saturated heterocycles. The molecule has 0 aliphatic carbocycles. The van der Waals surface area contributed by atoms with E-state index in [9.17, 15) is 9.18 Å². The highest BCUT2D eigenvalue weighted by atomic mass is 19.1. The summed E-state index contributed by atoms with van der Waals surface area (Å²) in [6.07, 6.45) is 0. The molecule has 18 heavy (non-hydrogen) atoms. The summed E-state index contributed by atoms with van der Waals surface area (Å²) in [7, 11) is 0. The lowest BCUT2D eigenvalue weighted by Gasteiger charge is -2.15. The van der Waals surface area contributed by atoms with E-state index in [0.29, 0.717) is 12.3 Å². The van der Waals surface area contributed by atoms with Crippen molar-refractivity contribution in [2.24, 2.45) is 11.7 Å². The van der Waals surface area contributed by atoms with Gasteiger partial charge in [-0.1, -0.05) is 13.8 Å². The van der Waals surface area contributed by atoms with Crippen LogP contribution in [0.4, 0.5) is 10.1 Å². The Bertz CT molecular complexity index is 421. The standard InChI is InChI=1S/C13H19FN2O2/c1-4-18-11-6-5-9(7-10(11)14)16-13(17)12(15)8(2)3/h5-8,12H,4,15H2,1-3H3,(H,16,17)/t12-/m1/s1. The van der Waals surface area contributed by atoms with E-state index in [1.807, 2.05) is 13.8 Å². The third kappa shape index (κ3) is 3.70.